The van der Waals surface area contributed by atoms with Crippen LogP contribution in [0.3, 0.4) is 0 Å². The van der Waals surface area contributed by atoms with Crippen LogP contribution in [0.2, 0.25) is 0 Å². The molecule has 0 atom stereocenters. The van der Waals surface area contributed by atoms with Crippen LogP contribution in [0.5, 0.6) is 12.0 Å². The van der Waals surface area contributed by atoms with E-state index in [2.05, 4.69) is 20.3 Å². The molecule has 0 aliphatic carbocycles. The molecule has 6 nitrogen and oxygen atoms in total. The van der Waals surface area contributed by atoms with Crippen LogP contribution in [-0.2, 0) is 6.61 Å². The molecule has 2 aromatic rings. The molecule has 0 unspecified atom stereocenters. The summed E-state index contributed by atoms with van der Waals surface area (Å²) in [6, 6.07) is 10.4. The van der Waals surface area contributed by atoms with Crippen molar-refractivity contribution in [2.24, 2.45) is 0 Å². The first kappa shape index (κ1) is 14.0. The summed E-state index contributed by atoms with van der Waals surface area (Å²) in [6.07, 6.45) is 0. The second kappa shape index (κ2) is 7.28. The Bertz CT molecular complexity index is 510. The lowest BCUT2D eigenvalue weighted by molar-refractivity contribution is 0.261. The third-order valence-electron chi connectivity index (χ3n) is 2.41. The zero-order chi connectivity index (χ0) is 14.2. The Hall–Kier alpha value is -2.37. The summed E-state index contributed by atoms with van der Waals surface area (Å²) >= 11 is 0. The fourth-order valence-corrected chi connectivity index (χ4v) is 1.56. The Morgan fingerprint density at radius 2 is 1.65 bits per heavy atom. The molecule has 1 N–H and O–H groups in total. The summed E-state index contributed by atoms with van der Waals surface area (Å²) in [6.45, 7) is 5.46. The molecule has 0 amide bonds. The van der Waals surface area contributed by atoms with E-state index in [-0.39, 0.29) is 12.0 Å². The SMILES string of the molecule is CCNc1nc(OCC)nc(OCc2ccccc2)n1. The number of hydrogen-bond acceptors (Lipinski definition) is 6. The van der Waals surface area contributed by atoms with Crippen LogP contribution in [0.15, 0.2) is 30.3 Å². The molecule has 0 fully saturated rings. The lowest BCUT2D eigenvalue weighted by atomic mass is 10.2. The Morgan fingerprint density at radius 3 is 2.30 bits per heavy atom. The summed E-state index contributed by atoms with van der Waals surface area (Å²) < 4.78 is 10.9. The summed E-state index contributed by atoms with van der Waals surface area (Å²) in [5, 5.41) is 3.02. The molecule has 0 saturated carbocycles. The van der Waals surface area contributed by atoms with Gasteiger partial charge in [0.1, 0.15) is 6.61 Å². The summed E-state index contributed by atoms with van der Waals surface area (Å²) in [5.74, 6) is 0.453. The van der Waals surface area contributed by atoms with E-state index in [0.717, 1.165) is 5.56 Å². The highest BCUT2D eigenvalue weighted by Gasteiger charge is 2.08. The molecule has 1 aromatic carbocycles. The molecule has 106 valence electrons. The van der Waals surface area contributed by atoms with Gasteiger partial charge in [-0.25, -0.2) is 0 Å². The number of nitrogens with one attached hydrogen (secondary N) is 1. The average Bonchev–Trinajstić information content (AvgIpc) is 2.47. The van der Waals surface area contributed by atoms with Crippen LogP contribution in [-0.4, -0.2) is 28.1 Å². The minimum absolute atomic E-state index is 0.253. The van der Waals surface area contributed by atoms with Crippen molar-refractivity contribution in [3.63, 3.8) is 0 Å². The van der Waals surface area contributed by atoms with Crippen molar-refractivity contribution in [3.05, 3.63) is 35.9 Å². The van der Waals surface area contributed by atoms with Gasteiger partial charge in [0.15, 0.2) is 0 Å². The van der Waals surface area contributed by atoms with Gasteiger partial charge in [-0.05, 0) is 19.4 Å². The zero-order valence-electron chi connectivity index (χ0n) is 11.7. The molecule has 6 heteroatoms. The first-order valence-corrected chi connectivity index (χ1v) is 6.61. The van der Waals surface area contributed by atoms with Gasteiger partial charge in [0.2, 0.25) is 5.95 Å². The van der Waals surface area contributed by atoms with Crippen molar-refractivity contribution in [2.45, 2.75) is 20.5 Å². The smallest absolute Gasteiger partial charge is 0.324 e. The molecule has 2 rings (SSSR count). The highest BCUT2D eigenvalue weighted by atomic mass is 16.5. The maximum absolute atomic E-state index is 5.58. The van der Waals surface area contributed by atoms with Crippen molar-refractivity contribution in [3.8, 4) is 12.0 Å². The maximum atomic E-state index is 5.58. The van der Waals surface area contributed by atoms with Crippen molar-refractivity contribution >= 4 is 5.95 Å². The van der Waals surface area contributed by atoms with Crippen molar-refractivity contribution in [1.82, 2.24) is 15.0 Å². The number of ether oxygens (including phenoxy) is 2. The molecule has 0 spiro atoms. The summed E-state index contributed by atoms with van der Waals surface area (Å²) in [4.78, 5) is 12.4. The second-order valence-electron chi connectivity index (χ2n) is 3.96. The normalized spacial score (nSPS) is 10.1. The predicted molar refractivity (Wildman–Crippen MR) is 75.9 cm³/mol. The molecular weight excluding hydrogens is 256 g/mol. The number of rotatable bonds is 7. The number of aromatic nitrogens is 3. The molecule has 1 aromatic heterocycles. The monoisotopic (exact) mass is 274 g/mol. The lowest BCUT2D eigenvalue weighted by Gasteiger charge is -2.08. The molecular formula is C14H18N4O2. The van der Waals surface area contributed by atoms with Crippen molar-refractivity contribution in [2.75, 3.05) is 18.5 Å². The van der Waals surface area contributed by atoms with Gasteiger partial charge in [-0.15, -0.1) is 4.98 Å². The number of benzene rings is 1. The number of hydrogen-bond donors (Lipinski definition) is 1. The molecule has 0 bridgehead atoms. The third kappa shape index (κ3) is 4.08. The van der Waals surface area contributed by atoms with Crippen molar-refractivity contribution in [1.29, 1.82) is 0 Å². The van der Waals surface area contributed by atoms with Crippen LogP contribution < -0.4 is 14.8 Å². The van der Waals surface area contributed by atoms with Gasteiger partial charge in [-0.3, -0.25) is 0 Å². The second-order valence-corrected chi connectivity index (χ2v) is 3.96. The van der Waals surface area contributed by atoms with Crippen molar-refractivity contribution < 1.29 is 9.47 Å². The minimum Gasteiger partial charge on any atom is -0.464 e. The fraction of sp³-hybridized carbons (Fsp3) is 0.357. The largest absolute Gasteiger partial charge is 0.464 e. The van der Waals surface area contributed by atoms with E-state index in [0.29, 0.717) is 25.7 Å². The predicted octanol–water partition coefficient (Wildman–Crippen LogP) is 2.28. The topological polar surface area (TPSA) is 69.2 Å². The fourth-order valence-electron chi connectivity index (χ4n) is 1.56. The maximum Gasteiger partial charge on any atom is 0.324 e. The summed E-state index contributed by atoms with van der Waals surface area (Å²) in [5.41, 5.74) is 1.05. The highest BCUT2D eigenvalue weighted by molar-refractivity contribution is 5.27. The molecule has 20 heavy (non-hydrogen) atoms. The minimum atomic E-state index is 0.253. The first-order valence-electron chi connectivity index (χ1n) is 6.61. The van der Waals surface area contributed by atoms with E-state index in [1.165, 1.54) is 0 Å². The van der Waals surface area contributed by atoms with Crippen LogP contribution >= 0.6 is 0 Å². The van der Waals surface area contributed by atoms with Gasteiger partial charge >= 0.3 is 12.0 Å². The zero-order valence-corrected chi connectivity index (χ0v) is 11.7. The van der Waals surface area contributed by atoms with E-state index in [9.17, 15) is 0 Å². The average molecular weight is 274 g/mol. The van der Waals surface area contributed by atoms with E-state index < -0.39 is 0 Å². The van der Waals surface area contributed by atoms with Gasteiger partial charge in [0, 0.05) is 6.54 Å². The molecule has 0 saturated heterocycles. The van der Waals surface area contributed by atoms with Crippen LogP contribution in [0, 0.1) is 0 Å². The van der Waals surface area contributed by atoms with Crippen LogP contribution in [0.25, 0.3) is 0 Å². The van der Waals surface area contributed by atoms with Gasteiger partial charge in [0.05, 0.1) is 6.61 Å². The van der Waals surface area contributed by atoms with Gasteiger partial charge in [-0.2, -0.15) is 9.97 Å². The van der Waals surface area contributed by atoms with Crippen LogP contribution in [0.4, 0.5) is 5.95 Å². The quantitative estimate of drug-likeness (QED) is 0.835. The van der Waals surface area contributed by atoms with E-state index in [4.69, 9.17) is 9.47 Å². The molecule has 1 heterocycles. The Balaban J connectivity index is 2.09. The number of anilines is 1. The van der Waals surface area contributed by atoms with Gasteiger partial charge in [0.25, 0.3) is 0 Å². The first-order chi connectivity index (χ1) is 9.81. The Kier molecular flexibility index (Phi) is 5.11. The highest BCUT2D eigenvalue weighted by Crippen LogP contribution is 2.14. The van der Waals surface area contributed by atoms with Gasteiger partial charge < -0.3 is 14.8 Å². The molecule has 0 aliphatic rings. The third-order valence-corrected chi connectivity index (χ3v) is 2.41. The van der Waals surface area contributed by atoms with Crippen LogP contribution in [0.1, 0.15) is 19.4 Å². The Labute approximate surface area is 118 Å². The molecule has 0 aliphatic heterocycles. The van der Waals surface area contributed by atoms with Gasteiger partial charge in [-0.1, -0.05) is 30.3 Å². The van der Waals surface area contributed by atoms with E-state index in [1.54, 1.807) is 0 Å². The van der Waals surface area contributed by atoms with E-state index >= 15 is 0 Å². The number of nitrogens with zero attached hydrogens (tertiary/aromatic N) is 3. The Morgan fingerprint density at radius 1 is 0.950 bits per heavy atom. The lowest BCUT2D eigenvalue weighted by Crippen LogP contribution is -2.08. The molecule has 0 radical (unpaired) electrons. The van der Waals surface area contributed by atoms with E-state index in [1.807, 2.05) is 44.2 Å². The standard InChI is InChI=1S/C14H18N4O2/c1-3-15-12-16-13(19-4-2)18-14(17-12)20-10-11-8-6-5-7-9-11/h5-9H,3-4,10H2,1-2H3,(H,15,16,17,18). The summed E-state index contributed by atoms with van der Waals surface area (Å²) in [7, 11) is 0.